The zero-order valence-electron chi connectivity index (χ0n) is 16.0. The van der Waals surface area contributed by atoms with E-state index in [9.17, 15) is 4.79 Å². The first kappa shape index (κ1) is 17.7. The van der Waals surface area contributed by atoms with Gasteiger partial charge in [-0.2, -0.15) is 0 Å². The number of para-hydroxylation sites is 1. The lowest BCUT2D eigenvalue weighted by atomic mass is 9.75. The number of carbonyl (C=O) groups excluding carboxylic acids is 1. The minimum atomic E-state index is 0.163. The number of aromatic nitrogens is 3. The average Bonchev–Trinajstić information content (AvgIpc) is 3.44. The number of amides is 1. The molecule has 1 aromatic heterocycles. The van der Waals surface area contributed by atoms with Gasteiger partial charge in [-0.05, 0) is 50.3 Å². The number of fused-ring (bicyclic) bond motifs is 3. The molecule has 1 aliphatic carbocycles. The van der Waals surface area contributed by atoms with Crippen LogP contribution in [0.3, 0.4) is 0 Å². The van der Waals surface area contributed by atoms with Crippen molar-refractivity contribution in [1.82, 2.24) is 25.2 Å². The van der Waals surface area contributed by atoms with Crippen LogP contribution < -0.4 is 10.1 Å². The molecular formula is C21H27N5O2. The molecule has 28 heavy (non-hydrogen) atoms. The largest absolute Gasteiger partial charge is 0.487 e. The first-order valence-electron chi connectivity index (χ1n) is 10.4. The predicted octanol–water partition coefficient (Wildman–Crippen LogP) is 1.85. The minimum Gasteiger partial charge on any atom is -0.487 e. The fraction of sp³-hybridized carbons (Fsp3) is 0.571. The Morgan fingerprint density at radius 2 is 2.07 bits per heavy atom. The highest BCUT2D eigenvalue weighted by Gasteiger charge is 2.44. The van der Waals surface area contributed by atoms with E-state index in [2.05, 4.69) is 20.5 Å². The van der Waals surface area contributed by atoms with Gasteiger partial charge in [-0.15, -0.1) is 5.10 Å². The maximum Gasteiger partial charge on any atom is 0.224 e. The topological polar surface area (TPSA) is 72.3 Å². The molecule has 3 saturated heterocycles. The number of ether oxygens (including phenoxy) is 1. The van der Waals surface area contributed by atoms with Gasteiger partial charge in [-0.3, -0.25) is 14.4 Å². The Labute approximate surface area is 165 Å². The second kappa shape index (κ2) is 7.54. The summed E-state index contributed by atoms with van der Waals surface area (Å²) in [5.74, 6) is 1.77. The van der Waals surface area contributed by atoms with E-state index in [1.54, 1.807) is 0 Å². The van der Waals surface area contributed by atoms with Crippen molar-refractivity contribution in [3.05, 3.63) is 42.2 Å². The van der Waals surface area contributed by atoms with Crippen LogP contribution in [0.25, 0.3) is 0 Å². The quantitative estimate of drug-likeness (QED) is 0.792. The molecular weight excluding hydrogens is 354 g/mol. The first-order valence-corrected chi connectivity index (χ1v) is 10.4. The molecule has 4 heterocycles. The maximum absolute atomic E-state index is 12.5. The Hall–Kier alpha value is -2.41. The Kier molecular flexibility index (Phi) is 4.76. The van der Waals surface area contributed by atoms with Crippen LogP contribution in [0.5, 0.6) is 5.75 Å². The number of hydrogen-bond donors (Lipinski definition) is 1. The summed E-state index contributed by atoms with van der Waals surface area (Å²) in [7, 11) is 0. The minimum absolute atomic E-state index is 0.163. The standard InChI is InChI=1S/C21H27N5O2/c27-21(22-16-6-7-16)20-13-25-9-8-15(20)10-18(25)12-26-11-17(23-24-26)14-28-19-4-2-1-3-5-19/h1-5,11,15-16,18,20H,6-10,12-14H2,(H,22,27)/t15?,18-,20+/m1/s1. The van der Waals surface area contributed by atoms with Gasteiger partial charge in [0.1, 0.15) is 18.1 Å². The Balaban J connectivity index is 1.15. The van der Waals surface area contributed by atoms with Crippen molar-refractivity contribution < 1.29 is 9.53 Å². The third-order valence-corrected chi connectivity index (χ3v) is 6.25. The van der Waals surface area contributed by atoms with Crippen molar-refractivity contribution in [3.63, 3.8) is 0 Å². The molecule has 7 heteroatoms. The molecule has 1 N–H and O–H groups in total. The van der Waals surface area contributed by atoms with Crippen LogP contribution in [-0.4, -0.2) is 51.0 Å². The van der Waals surface area contributed by atoms with Crippen molar-refractivity contribution in [2.24, 2.45) is 11.8 Å². The zero-order chi connectivity index (χ0) is 18.9. The molecule has 4 aliphatic rings. The lowest BCUT2D eigenvalue weighted by Gasteiger charge is -2.49. The van der Waals surface area contributed by atoms with Crippen LogP contribution in [0.4, 0.5) is 0 Å². The number of piperidine rings is 3. The number of nitrogens with zero attached hydrogens (tertiary/aromatic N) is 4. The summed E-state index contributed by atoms with van der Waals surface area (Å²) < 4.78 is 7.68. The first-order chi connectivity index (χ1) is 13.7. The van der Waals surface area contributed by atoms with Crippen molar-refractivity contribution in [3.8, 4) is 5.75 Å². The molecule has 0 spiro atoms. The van der Waals surface area contributed by atoms with E-state index in [-0.39, 0.29) is 11.8 Å². The van der Waals surface area contributed by atoms with Crippen molar-refractivity contribution in [1.29, 1.82) is 0 Å². The number of nitrogens with one attached hydrogen (secondary N) is 1. The molecule has 1 saturated carbocycles. The third-order valence-electron chi connectivity index (χ3n) is 6.25. The fourth-order valence-corrected chi connectivity index (χ4v) is 4.54. The van der Waals surface area contributed by atoms with E-state index in [0.717, 1.165) is 56.8 Å². The van der Waals surface area contributed by atoms with E-state index >= 15 is 0 Å². The number of benzene rings is 1. The van der Waals surface area contributed by atoms with E-state index < -0.39 is 0 Å². The van der Waals surface area contributed by atoms with Crippen molar-refractivity contribution in [2.45, 2.75) is 50.9 Å². The molecule has 1 aromatic carbocycles. The van der Waals surface area contributed by atoms with Gasteiger partial charge in [0.15, 0.2) is 0 Å². The van der Waals surface area contributed by atoms with Crippen molar-refractivity contribution >= 4 is 5.91 Å². The number of carbonyl (C=O) groups is 1. The third kappa shape index (κ3) is 3.90. The van der Waals surface area contributed by atoms with Crippen LogP contribution in [0, 0.1) is 11.8 Å². The highest BCUT2D eigenvalue weighted by Crippen LogP contribution is 2.37. The van der Waals surface area contributed by atoms with Gasteiger partial charge in [0.25, 0.3) is 0 Å². The van der Waals surface area contributed by atoms with Gasteiger partial charge < -0.3 is 10.1 Å². The summed E-state index contributed by atoms with van der Waals surface area (Å²) in [4.78, 5) is 15.0. The molecule has 4 fully saturated rings. The zero-order valence-corrected chi connectivity index (χ0v) is 16.0. The highest BCUT2D eigenvalue weighted by molar-refractivity contribution is 5.80. The van der Waals surface area contributed by atoms with Crippen molar-refractivity contribution in [2.75, 3.05) is 13.1 Å². The summed E-state index contributed by atoms with van der Waals surface area (Å²) in [6, 6.07) is 10.6. The smallest absolute Gasteiger partial charge is 0.224 e. The normalized spacial score (nSPS) is 28.9. The molecule has 148 valence electrons. The van der Waals surface area contributed by atoms with Gasteiger partial charge in [-0.25, -0.2) is 0 Å². The van der Waals surface area contributed by atoms with Crippen LogP contribution >= 0.6 is 0 Å². The summed E-state index contributed by atoms with van der Waals surface area (Å²) in [6.07, 6.45) is 6.48. The van der Waals surface area contributed by atoms with E-state index in [1.165, 1.54) is 0 Å². The SMILES string of the molecule is O=C(NC1CC1)[C@H]1CN2CCC1C[C@@H]2Cn1cc(COc2ccccc2)nn1. The molecule has 2 unspecified atom stereocenters. The summed E-state index contributed by atoms with van der Waals surface area (Å²) in [5, 5.41) is 11.7. The molecule has 2 aromatic rings. The molecule has 3 aliphatic heterocycles. The molecule has 6 rings (SSSR count). The van der Waals surface area contributed by atoms with Gasteiger partial charge in [-0.1, -0.05) is 23.4 Å². The van der Waals surface area contributed by atoms with Gasteiger partial charge in [0, 0.05) is 18.6 Å². The van der Waals surface area contributed by atoms with E-state index in [0.29, 0.717) is 24.6 Å². The molecule has 0 radical (unpaired) electrons. The highest BCUT2D eigenvalue weighted by atomic mass is 16.5. The summed E-state index contributed by atoms with van der Waals surface area (Å²) >= 11 is 0. The van der Waals surface area contributed by atoms with E-state index in [1.807, 2.05) is 41.2 Å². The molecule has 2 bridgehead atoms. The lowest BCUT2D eigenvalue weighted by molar-refractivity contribution is -0.133. The van der Waals surface area contributed by atoms with Crippen LogP contribution in [-0.2, 0) is 17.9 Å². The maximum atomic E-state index is 12.5. The van der Waals surface area contributed by atoms with Crippen LogP contribution in [0.1, 0.15) is 31.4 Å². The molecule has 1 amide bonds. The van der Waals surface area contributed by atoms with E-state index in [4.69, 9.17) is 4.74 Å². The Morgan fingerprint density at radius 1 is 1.21 bits per heavy atom. The number of rotatable bonds is 7. The molecule has 7 nitrogen and oxygen atoms in total. The van der Waals surface area contributed by atoms with Gasteiger partial charge >= 0.3 is 0 Å². The second-order valence-corrected chi connectivity index (χ2v) is 8.36. The average molecular weight is 381 g/mol. The second-order valence-electron chi connectivity index (χ2n) is 8.36. The summed E-state index contributed by atoms with van der Waals surface area (Å²) in [6.45, 7) is 3.21. The number of hydrogen-bond acceptors (Lipinski definition) is 5. The van der Waals surface area contributed by atoms with Crippen LogP contribution in [0.15, 0.2) is 36.5 Å². The Morgan fingerprint density at radius 3 is 2.82 bits per heavy atom. The monoisotopic (exact) mass is 381 g/mol. The van der Waals surface area contributed by atoms with Gasteiger partial charge in [0.05, 0.1) is 18.7 Å². The summed E-state index contributed by atoms with van der Waals surface area (Å²) in [5.41, 5.74) is 0.835. The predicted molar refractivity (Wildman–Crippen MR) is 104 cm³/mol. The fourth-order valence-electron chi connectivity index (χ4n) is 4.54. The Bertz CT molecular complexity index is 819. The van der Waals surface area contributed by atoms with Gasteiger partial charge in [0.2, 0.25) is 5.91 Å². The molecule has 4 atom stereocenters. The lowest BCUT2D eigenvalue weighted by Crippen LogP contribution is -2.58. The van der Waals surface area contributed by atoms with Crippen LogP contribution in [0.2, 0.25) is 0 Å².